The first-order valence-electron chi connectivity index (χ1n) is 9.83. The van der Waals surface area contributed by atoms with Gasteiger partial charge in [-0.25, -0.2) is 0 Å². The van der Waals surface area contributed by atoms with Crippen LogP contribution in [0.5, 0.6) is 5.75 Å². The molecule has 0 amide bonds. The van der Waals surface area contributed by atoms with Gasteiger partial charge in [-0.1, -0.05) is 42.1 Å². The molecule has 0 spiro atoms. The maximum absolute atomic E-state index is 11.8. The topological polar surface area (TPSA) is 53.3 Å². The zero-order chi connectivity index (χ0) is 21.5. The number of aromatic nitrogens is 2. The molecule has 0 aliphatic heterocycles. The average molecular weight is 597 g/mol. The fraction of sp³-hybridized carbons (Fsp3) is 0.0370. The molecule has 0 N–H and O–H groups in total. The summed E-state index contributed by atoms with van der Waals surface area (Å²) in [4.78, 5) is 20.2. The number of benzene rings is 3. The van der Waals surface area contributed by atoms with Gasteiger partial charge in [0, 0.05) is 31.9 Å². The molecule has 1 radical (unpaired) electrons. The van der Waals surface area contributed by atoms with Crippen LogP contribution < -0.4 is 9.72 Å². The summed E-state index contributed by atoms with van der Waals surface area (Å²) in [5.74, 6) is 0.671. The van der Waals surface area contributed by atoms with Crippen molar-refractivity contribution in [3.05, 3.63) is 121 Å². The number of carbonyl (C=O) groups is 1. The van der Waals surface area contributed by atoms with Gasteiger partial charge in [-0.3, -0.25) is 4.79 Å². The molecule has 0 saturated carbocycles. The van der Waals surface area contributed by atoms with E-state index in [1.54, 1.807) is 49.7 Å². The molecule has 5 aromatic rings. The minimum absolute atomic E-state index is 0. The van der Waals surface area contributed by atoms with E-state index in [1.807, 2.05) is 48.7 Å². The Labute approximate surface area is 200 Å². The maximum Gasteiger partial charge on any atom is 0.171 e. The predicted octanol–water partition coefficient (Wildman–Crippen LogP) is 5.58. The second kappa shape index (κ2) is 11.2. The average Bonchev–Trinajstić information content (AvgIpc) is 3.39. The number of ether oxygens (including phenoxy) is 1. The minimum Gasteiger partial charge on any atom is -0.661 e. The van der Waals surface area contributed by atoms with Crippen LogP contribution in [0.25, 0.3) is 22.0 Å². The molecule has 32 heavy (non-hydrogen) atoms. The SMILES string of the molecule is COc1ccc(C(=O)c2ccc[n-]2)cc1.[Ir].[c-]1ccccc1-c1nccc2ccccc12. The fourth-order valence-corrected chi connectivity index (χ4v) is 3.20. The first kappa shape index (κ1) is 23.1. The van der Waals surface area contributed by atoms with Gasteiger partial charge in [-0.15, -0.1) is 35.9 Å². The molecule has 0 saturated heterocycles. The molecule has 0 bridgehead atoms. The Morgan fingerprint density at radius 1 is 0.906 bits per heavy atom. The molecule has 0 unspecified atom stereocenters. The molecule has 2 aromatic heterocycles. The van der Waals surface area contributed by atoms with E-state index in [0.29, 0.717) is 11.3 Å². The summed E-state index contributed by atoms with van der Waals surface area (Å²) in [6.07, 6.45) is 3.45. The van der Waals surface area contributed by atoms with Gasteiger partial charge in [0.05, 0.1) is 7.11 Å². The molecule has 0 atom stereocenters. The largest absolute Gasteiger partial charge is 0.661 e. The van der Waals surface area contributed by atoms with Crippen LogP contribution in [0.2, 0.25) is 0 Å². The van der Waals surface area contributed by atoms with Gasteiger partial charge >= 0.3 is 0 Å². The van der Waals surface area contributed by atoms with Crippen LogP contribution in [0.4, 0.5) is 0 Å². The van der Waals surface area contributed by atoms with Crippen LogP contribution in [0.15, 0.2) is 103 Å². The van der Waals surface area contributed by atoms with E-state index < -0.39 is 0 Å². The molecule has 3 aromatic carbocycles. The Balaban J connectivity index is 0.000000176. The van der Waals surface area contributed by atoms with E-state index in [-0.39, 0.29) is 25.9 Å². The van der Waals surface area contributed by atoms with Crippen molar-refractivity contribution in [2.75, 3.05) is 7.11 Å². The number of rotatable bonds is 4. The van der Waals surface area contributed by atoms with Crippen molar-refractivity contribution in [3.63, 3.8) is 0 Å². The van der Waals surface area contributed by atoms with Crippen molar-refractivity contribution < 1.29 is 29.6 Å². The summed E-state index contributed by atoms with van der Waals surface area (Å²) in [5, 5.41) is 2.39. The van der Waals surface area contributed by atoms with Gasteiger partial charge in [-0.05, 0) is 46.8 Å². The van der Waals surface area contributed by atoms with E-state index in [9.17, 15) is 4.79 Å². The molecule has 0 aliphatic carbocycles. The summed E-state index contributed by atoms with van der Waals surface area (Å²) in [6, 6.07) is 31.9. The Morgan fingerprint density at radius 2 is 1.69 bits per heavy atom. The second-order valence-corrected chi connectivity index (χ2v) is 6.74. The maximum atomic E-state index is 11.8. The third kappa shape index (κ3) is 5.38. The van der Waals surface area contributed by atoms with E-state index in [4.69, 9.17) is 4.74 Å². The Morgan fingerprint density at radius 3 is 2.38 bits per heavy atom. The molecule has 0 aliphatic rings. The van der Waals surface area contributed by atoms with Crippen LogP contribution in [0.1, 0.15) is 16.1 Å². The Hall–Kier alpha value is -3.53. The summed E-state index contributed by atoms with van der Waals surface area (Å²) < 4.78 is 5.01. The monoisotopic (exact) mass is 597 g/mol. The van der Waals surface area contributed by atoms with E-state index in [1.165, 1.54) is 10.8 Å². The molecular weight excluding hydrogens is 577 g/mol. The number of hydrogen-bond acceptors (Lipinski definition) is 3. The number of methoxy groups -OCH3 is 1. The number of carbonyl (C=O) groups excluding carboxylic acids is 1. The summed E-state index contributed by atoms with van der Waals surface area (Å²) >= 11 is 0. The van der Waals surface area contributed by atoms with Gasteiger partial charge in [0.2, 0.25) is 0 Å². The van der Waals surface area contributed by atoms with E-state index >= 15 is 0 Å². The van der Waals surface area contributed by atoms with Gasteiger partial charge in [0.15, 0.2) is 5.78 Å². The molecule has 0 fully saturated rings. The molecule has 161 valence electrons. The number of pyridine rings is 1. The van der Waals surface area contributed by atoms with Crippen LogP contribution in [-0.2, 0) is 20.1 Å². The number of nitrogens with zero attached hydrogens (tertiary/aromatic N) is 2. The zero-order valence-corrected chi connectivity index (χ0v) is 19.8. The summed E-state index contributed by atoms with van der Waals surface area (Å²) in [7, 11) is 1.59. The summed E-state index contributed by atoms with van der Waals surface area (Å²) in [5.41, 5.74) is 3.13. The smallest absolute Gasteiger partial charge is 0.171 e. The standard InChI is InChI=1S/C15H10N.C12H11NO2.Ir/c1-2-7-13(8-3-1)15-14-9-5-4-6-12(14)10-11-16-15;1-15-10-6-4-9(5-7-10)12(14)11-3-2-8-13-11;/h1-7,9-11H;2-8H,1H3,(H,13,14);/q-1;;/p-1. The molecular formula is C27H20IrN2O2-2. The predicted molar refractivity (Wildman–Crippen MR) is 122 cm³/mol. The number of hydrogen-bond donors (Lipinski definition) is 0. The minimum atomic E-state index is -0.0670. The third-order valence-corrected chi connectivity index (χ3v) is 4.78. The van der Waals surface area contributed by atoms with Crippen molar-refractivity contribution >= 4 is 16.6 Å². The fourth-order valence-electron chi connectivity index (χ4n) is 3.20. The van der Waals surface area contributed by atoms with Gasteiger partial charge < -0.3 is 14.7 Å². The molecule has 5 heteroatoms. The van der Waals surface area contributed by atoms with Crippen molar-refractivity contribution in [2.45, 2.75) is 0 Å². The zero-order valence-electron chi connectivity index (χ0n) is 17.4. The van der Waals surface area contributed by atoms with Crippen molar-refractivity contribution in [1.82, 2.24) is 9.97 Å². The number of ketones is 1. The van der Waals surface area contributed by atoms with E-state index in [2.05, 4.69) is 28.2 Å². The van der Waals surface area contributed by atoms with Gasteiger partial charge in [0.25, 0.3) is 0 Å². The third-order valence-electron chi connectivity index (χ3n) is 4.78. The van der Waals surface area contributed by atoms with Gasteiger partial charge in [-0.2, -0.15) is 6.20 Å². The van der Waals surface area contributed by atoms with Crippen LogP contribution >= 0.6 is 0 Å². The second-order valence-electron chi connectivity index (χ2n) is 6.74. The Bertz CT molecular complexity index is 1260. The molecule has 4 nitrogen and oxygen atoms in total. The van der Waals surface area contributed by atoms with Crippen LogP contribution in [0, 0.1) is 6.07 Å². The van der Waals surface area contributed by atoms with Crippen molar-refractivity contribution in [1.29, 1.82) is 0 Å². The normalized spacial score (nSPS) is 9.91. The summed E-state index contributed by atoms with van der Waals surface area (Å²) in [6.45, 7) is 0. The molecule has 5 rings (SSSR count). The van der Waals surface area contributed by atoms with Crippen LogP contribution in [-0.4, -0.2) is 17.9 Å². The quantitative estimate of drug-likeness (QED) is 0.201. The molecule has 2 heterocycles. The van der Waals surface area contributed by atoms with Crippen molar-refractivity contribution in [2.24, 2.45) is 0 Å². The van der Waals surface area contributed by atoms with Crippen LogP contribution in [0.3, 0.4) is 0 Å². The number of fused-ring (bicyclic) bond motifs is 1. The first-order valence-corrected chi connectivity index (χ1v) is 9.83. The van der Waals surface area contributed by atoms with Gasteiger partial charge in [0.1, 0.15) is 5.75 Å². The van der Waals surface area contributed by atoms with Crippen molar-refractivity contribution in [3.8, 4) is 17.0 Å². The first-order chi connectivity index (χ1) is 15.3. The Kier molecular flexibility index (Phi) is 8.09. The van der Waals surface area contributed by atoms with E-state index in [0.717, 1.165) is 17.0 Å².